The second-order valence-electron chi connectivity index (χ2n) is 3.28. The van der Waals surface area contributed by atoms with Gasteiger partial charge in [-0.2, -0.15) is 0 Å². The summed E-state index contributed by atoms with van der Waals surface area (Å²) in [6.07, 6.45) is 2.60. The Balaban J connectivity index is 2.12. The standard InChI is InChI=1S/C8H12O3/c9-7-8(3-6-11-7)1-4-10-5-2-8/h1-6H2. The molecule has 0 aliphatic carbocycles. The average molecular weight is 156 g/mol. The van der Waals surface area contributed by atoms with Crippen LogP contribution in [0.15, 0.2) is 0 Å². The molecule has 0 bridgehead atoms. The molecule has 0 atom stereocenters. The molecule has 3 heteroatoms. The largest absolute Gasteiger partial charge is 0.465 e. The molecule has 3 nitrogen and oxygen atoms in total. The van der Waals surface area contributed by atoms with Gasteiger partial charge in [0.2, 0.25) is 0 Å². The number of hydrogen-bond donors (Lipinski definition) is 0. The maximum absolute atomic E-state index is 11.3. The highest BCUT2D eigenvalue weighted by molar-refractivity contribution is 5.78. The molecule has 0 amide bonds. The van der Waals surface area contributed by atoms with Gasteiger partial charge in [0.15, 0.2) is 0 Å². The zero-order valence-electron chi connectivity index (χ0n) is 6.47. The normalized spacial score (nSPS) is 28.9. The molecule has 0 aromatic heterocycles. The third-order valence-corrected chi connectivity index (χ3v) is 2.70. The highest BCUT2D eigenvalue weighted by atomic mass is 16.5. The fourth-order valence-corrected chi connectivity index (χ4v) is 1.81. The average Bonchev–Trinajstić information content (AvgIpc) is 2.36. The van der Waals surface area contributed by atoms with Crippen molar-refractivity contribution in [2.45, 2.75) is 19.3 Å². The van der Waals surface area contributed by atoms with Crippen LogP contribution in [0.25, 0.3) is 0 Å². The van der Waals surface area contributed by atoms with Crippen molar-refractivity contribution in [3.8, 4) is 0 Å². The molecule has 0 saturated carbocycles. The molecule has 2 aliphatic heterocycles. The lowest BCUT2D eigenvalue weighted by molar-refractivity contribution is -0.150. The summed E-state index contributed by atoms with van der Waals surface area (Å²) in [7, 11) is 0. The van der Waals surface area contributed by atoms with Gasteiger partial charge in [-0.05, 0) is 19.3 Å². The SMILES string of the molecule is O=C1OCCC12CCOCC2. The van der Waals surface area contributed by atoms with Crippen LogP contribution in [0.3, 0.4) is 0 Å². The van der Waals surface area contributed by atoms with Gasteiger partial charge in [0, 0.05) is 13.2 Å². The number of carbonyl (C=O) groups excluding carboxylic acids is 1. The van der Waals surface area contributed by atoms with Crippen LogP contribution in [0, 0.1) is 5.41 Å². The van der Waals surface area contributed by atoms with Gasteiger partial charge < -0.3 is 9.47 Å². The number of cyclic esters (lactones) is 1. The van der Waals surface area contributed by atoms with Crippen LogP contribution >= 0.6 is 0 Å². The Morgan fingerprint density at radius 3 is 2.27 bits per heavy atom. The molecular weight excluding hydrogens is 144 g/mol. The number of carbonyl (C=O) groups is 1. The van der Waals surface area contributed by atoms with E-state index in [0.717, 1.165) is 32.5 Å². The molecule has 0 unspecified atom stereocenters. The van der Waals surface area contributed by atoms with Crippen molar-refractivity contribution < 1.29 is 14.3 Å². The van der Waals surface area contributed by atoms with E-state index in [2.05, 4.69) is 0 Å². The summed E-state index contributed by atoms with van der Waals surface area (Å²) in [4.78, 5) is 11.3. The molecule has 11 heavy (non-hydrogen) atoms. The highest BCUT2D eigenvalue weighted by Crippen LogP contribution is 2.39. The predicted octanol–water partition coefficient (Wildman–Crippen LogP) is 0.730. The fraction of sp³-hybridized carbons (Fsp3) is 0.875. The maximum atomic E-state index is 11.3. The Kier molecular flexibility index (Phi) is 1.60. The second kappa shape index (κ2) is 2.48. The number of hydrogen-bond acceptors (Lipinski definition) is 3. The molecule has 0 aromatic carbocycles. The molecule has 2 saturated heterocycles. The Morgan fingerprint density at radius 1 is 1.09 bits per heavy atom. The molecular formula is C8H12O3. The monoisotopic (exact) mass is 156 g/mol. The zero-order chi connectivity index (χ0) is 7.73. The van der Waals surface area contributed by atoms with E-state index < -0.39 is 0 Å². The lowest BCUT2D eigenvalue weighted by atomic mass is 9.79. The van der Waals surface area contributed by atoms with Crippen molar-refractivity contribution in [2.24, 2.45) is 5.41 Å². The van der Waals surface area contributed by atoms with Gasteiger partial charge in [-0.3, -0.25) is 4.79 Å². The fourth-order valence-electron chi connectivity index (χ4n) is 1.81. The zero-order valence-corrected chi connectivity index (χ0v) is 6.47. The quantitative estimate of drug-likeness (QED) is 0.485. The molecule has 0 N–H and O–H groups in total. The Morgan fingerprint density at radius 2 is 1.73 bits per heavy atom. The van der Waals surface area contributed by atoms with E-state index >= 15 is 0 Å². The van der Waals surface area contributed by atoms with Crippen molar-refractivity contribution in [1.29, 1.82) is 0 Å². The summed E-state index contributed by atoms with van der Waals surface area (Å²) in [5.74, 6) is 0.000741. The topological polar surface area (TPSA) is 35.5 Å². The van der Waals surface area contributed by atoms with Gasteiger partial charge in [0.25, 0.3) is 0 Å². The first-order valence-corrected chi connectivity index (χ1v) is 4.08. The lowest BCUT2D eigenvalue weighted by Gasteiger charge is -2.28. The van der Waals surface area contributed by atoms with Crippen molar-refractivity contribution in [3.63, 3.8) is 0 Å². The highest BCUT2D eigenvalue weighted by Gasteiger charge is 2.45. The first-order valence-electron chi connectivity index (χ1n) is 4.08. The van der Waals surface area contributed by atoms with Crippen molar-refractivity contribution >= 4 is 5.97 Å². The van der Waals surface area contributed by atoms with E-state index in [1.54, 1.807) is 0 Å². The van der Waals surface area contributed by atoms with Crippen LogP contribution in [-0.4, -0.2) is 25.8 Å². The van der Waals surface area contributed by atoms with Crippen LogP contribution in [0.2, 0.25) is 0 Å². The molecule has 2 fully saturated rings. The minimum Gasteiger partial charge on any atom is -0.465 e. The van der Waals surface area contributed by atoms with Crippen molar-refractivity contribution in [1.82, 2.24) is 0 Å². The lowest BCUT2D eigenvalue weighted by Crippen LogP contribution is -2.33. The molecule has 2 heterocycles. The Hall–Kier alpha value is -0.570. The number of ether oxygens (including phenoxy) is 2. The number of esters is 1. The van der Waals surface area contributed by atoms with Gasteiger partial charge in [-0.1, -0.05) is 0 Å². The summed E-state index contributed by atoms with van der Waals surface area (Å²) in [6.45, 7) is 2.04. The van der Waals surface area contributed by atoms with E-state index in [4.69, 9.17) is 9.47 Å². The third kappa shape index (κ3) is 1.03. The van der Waals surface area contributed by atoms with Crippen molar-refractivity contribution in [2.75, 3.05) is 19.8 Å². The molecule has 0 radical (unpaired) electrons. The van der Waals surface area contributed by atoms with Crippen LogP contribution in [0.1, 0.15) is 19.3 Å². The van der Waals surface area contributed by atoms with E-state index in [-0.39, 0.29) is 11.4 Å². The second-order valence-corrected chi connectivity index (χ2v) is 3.28. The van der Waals surface area contributed by atoms with E-state index in [1.165, 1.54) is 0 Å². The molecule has 0 aromatic rings. The smallest absolute Gasteiger partial charge is 0.312 e. The first-order chi connectivity index (χ1) is 5.33. The van der Waals surface area contributed by atoms with E-state index in [1.807, 2.05) is 0 Å². The van der Waals surface area contributed by atoms with Crippen LogP contribution < -0.4 is 0 Å². The first kappa shape index (κ1) is 7.10. The van der Waals surface area contributed by atoms with Gasteiger partial charge in [0.1, 0.15) is 0 Å². The third-order valence-electron chi connectivity index (χ3n) is 2.70. The van der Waals surface area contributed by atoms with E-state index in [0.29, 0.717) is 6.61 Å². The van der Waals surface area contributed by atoms with Gasteiger partial charge >= 0.3 is 5.97 Å². The summed E-state index contributed by atoms with van der Waals surface area (Å²) >= 11 is 0. The summed E-state index contributed by atoms with van der Waals surface area (Å²) in [5, 5.41) is 0. The Labute approximate surface area is 65.7 Å². The van der Waals surface area contributed by atoms with E-state index in [9.17, 15) is 4.79 Å². The summed E-state index contributed by atoms with van der Waals surface area (Å²) in [5.41, 5.74) is -0.155. The van der Waals surface area contributed by atoms with Crippen LogP contribution in [0.4, 0.5) is 0 Å². The minimum atomic E-state index is -0.155. The Bertz CT molecular complexity index is 170. The van der Waals surface area contributed by atoms with Gasteiger partial charge in [-0.25, -0.2) is 0 Å². The molecule has 2 rings (SSSR count). The molecule has 1 spiro atoms. The van der Waals surface area contributed by atoms with Crippen molar-refractivity contribution in [3.05, 3.63) is 0 Å². The molecule has 2 aliphatic rings. The van der Waals surface area contributed by atoms with Crippen LogP contribution in [0.5, 0.6) is 0 Å². The van der Waals surface area contributed by atoms with Gasteiger partial charge in [0.05, 0.1) is 12.0 Å². The van der Waals surface area contributed by atoms with Crippen LogP contribution in [-0.2, 0) is 14.3 Å². The predicted molar refractivity (Wildman–Crippen MR) is 38.1 cm³/mol. The summed E-state index contributed by atoms with van der Waals surface area (Å²) in [6, 6.07) is 0. The molecule has 62 valence electrons. The maximum Gasteiger partial charge on any atom is 0.312 e. The minimum absolute atomic E-state index is 0.000741. The number of rotatable bonds is 0. The van der Waals surface area contributed by atoms with Gasteiger partial charge in [-0.15, -0.1) is 0 Å². The summed E-state index contributed by atoms with van der Waals surface area (Å²) < 4.78 is 10.1.